The zero-order chi connectivity index (χ0) is 11.7. The highest BCUT2D eigenvalue weighted by Crippen LogP contribution is 2.24. The minimum Gasteiger partial charge on any atom is -0.399 e. The third-order valence-electron chi connectivity index (χ3n) is 2.66. The maximum atomic E-state index is 11.4. The lowest BCUT2D eigenvalue weighted by Crippen LogP contribution is -2.28. The first-order chi connectivity index (χ1) is 7.59. The highest BCUT2D eigenvalue weighted by Gasteiger charge is 2.30. The van der Waals surface area contributed by atoms with Crippen molar-refractivity contribution in [2.45, 2.75) is 13.5 Å². The number of benzene rings is 1. The summed E-state index contributed by atoms with van der Waals surface area (Å²) in [6.07, 6.45) is 0. The van der Waals surface area contributed by atoms with Crippen molar-refractivity contribution in [2.75, 3.05) is 11.5 Å². The fraction of sp³-hybridized carbons (Fsp3) is 0.273. The maximum absolute atomic E-state index is 11.4. The zero-order valence-corrected chi connectivity index (χ0v) is 9.71. The molecule has 84 valence electrons. The van der Waals surface area contributed by atoms with Crippen LogP contribution in [0.15, 0.2) is 18.2 Å². The molecule has 0 bridgehead atoms. The first-order valence-electron chi connectivity index (χ1n) is 4.90. The number of thioether (sulfide) groups is 1. The van der Waals surface area contributed by atoms with E-state index in [0.717, 1.165) is 22.9 Å². The maximum Gasteiger partial charge on any atom is 0.289 e. The van der Waals surface area contributed by atoms with E-state index in [1.165, 1.54) is 4.90 Å². The summed E-state index contributed by atoms with van der Waals surface area (Å²) in [5, 5.41) is -0.174. The normalized spacial score (nSPS) is 15.9. The van der Waals surface area contributed by atoms with Gasteiger partial charge < -0.3 is 5.73 Å². The number of nitrogens with two attached hydrogens (primary N) is 1. The van der Waals surface area contributed by atoms with Crippen molar-refractivity contribution in [2.24, 2.45) is 0 Å². The molecule has 0 unspecified atom stereocenters. The van der Waals surface area contributed by atoms with Gasteiger partial charge in [0.1, 0.15) is 0 Å². The van der Waals surface area contributed by atoms with E-state index in [1.807, 2.05) is 19.1 Å². The van der Waals surface area contributed by atoms with Crippen molar-refractivity contribution in [1.82, 2.24) is 4.90 Å². The number of anilines is 1. The first kappa shape index (κ1) is 11.0. The van der Waals surface area contributed by atoms with Gasteiger partial charge in [-0.15, -0.1) is 0 Å². The van der Waals surface area contributed by atoms with Crippen molar-refractivity contribution >= 4 is 28.6 Å². The van der Waals surface area contributed by atoms with Crippen molar-refractivity contribution in [3.05, 3.63) is 29.3 Å². The highest BCUT2D eigenvalue weighted by molar-refractivity contribution is 8.14. The lowest BCUT2D eigenvalue weighted by atomic mass is 10.1. The molecule has 1 aliphatic heterocycles. The summed E-state index contributed by atoms with van der Waals surface area (Å²) in [5.41, 5.74) is 8.31. The Morgan fingerprint density at radius 1 is 1.44 bits per heavy atom. The van der Waals surface area contributed by atoms with Gasteiger partial charge in [0.25, 0.3) is 5.24 Å². The fourth-order valence-electron chi connectivity index (χ4n) is 1.58. The van der Waals surface area contributed by atoms with Gasteiger partial charge in [-0.1, -0.05) is 23.9 Å². The summed E-state index contributed by atoms with van der Waals surface area (Å²) in [5.74, 6) is 0.122. The second kappa shape index (κ2) is 4.17. The van der Waals surface area contributed by atoms with Crippen molar-refractivity contribution < 1.29 is 9.59 Å². The smallest absolute Gasteiger partial charge is 0.289 e. The van der Waals surface area contributed by atoms with Crippen LogP contribution in [0.1, 0.15) is 11.1 Å². The summed E-state index contributed by atoms with van der Waals surface area (Å²) < 4.78 is 0. The van der Waals surface area contributed by atoms with Crippen LogP contribution in [0.3, 0.4) is 0 Å². The van der Waals surface area contributed by atoms with Crippen LogP contribution < -0.4 is 5.73 Å². The molecule has 4 nitrogen and oxygen atoms in total. The number of nitrogens with zero attached hydrogens (tertiary/aromatic N) is 1. The number of amides is 2. The molecule has 1 fully saturated rings. The van der Waals surface area contributed by atoms with E-state index in [1.54, 1.807) is 6.07 Å². The highest BCUT2D eigenvalue weighted by atomic mass is 32.2. The van der Waals surface area contributed by atoms with E-state index in [0.29, 0.717) is 12.2 Å². The first-order valence-corrected chi connectivity index (χ1v) is 5.89. The third kappa shape index (κ3) is 1.90. The average molecular weight is 236 g/mol. The van der Waals surface area contributed by atoms with Gasteiger partial charge in [-0.3, -0.25) is 14.5 Å². The molecule has 0 radical (unpaired) electrons. The zero-order valence-electron chi connectivity index (χ0n) is 8.90. The second-order valence-corrected chi connectivity index (χ2v) is 4.59. The van der Waals surface area contributed by atoms with Gasteiger partial charge in [0.15, 0.2) is 0 Å². The monoisotopic (exact) mass is 236 g/mol. The molecule has 1 saturated heterocycles. The molecule has 1 heterocycles. The van der Waals surface area contributed by atoms with E-state index in [-0.39, 0.29) is 16.9 Å². The molecule has 16 heavy (non-hydrogen) atoms. The molecule has 0 aromatic heterocycles. The predicted octanol–water partition coefficient (Wildman–Crippen LogP) is 1.77. The molecule has 1 aromatic carbocycles. The summed E-state index contributed by atoms with van der Waals surface area (Å²) in [6, 6.07) is 5.52. The molecule has 0 atom stereocenters. The standard InChI is InChI=1S/C11H12N2O2S/c1-7-8(3-2-4-9(7)12)5-13-10(14)6-16-11(13)15/h2-4H,5-6,12H2,1H3. The molecule has 2 rings (SSSR count). The van der Waals surface area contributed by atoms with Crippen LogP contribution in [-0.4, -0.2) is 21.8 Å². The number of imide groups is 1. The molecule has 0 saturated carbocycles. The van der Waals surface area contributed by atoms with Gasteiger partial charge in [-0.25, -0.2) is 0 Å². The van der Waals surface area contributed by atoms with Crippen LogP contribution in [0.5, 0.6) is 0 Å². The van der Waals surface area contributed by atoms with Crippen LogP contribution in [0, 0.1) is 6.92 Å². The molecular formula is C11H12N2O2S. The molecule has 2 amide bonds. The molecule has 5 heteroatoms. The Morgan fingerprint density at radius 3 is 2.81 bits per heavy atom. The Bertz CT molecular complexity index is 443. The van der Waals surface area contributed by atoms with Crippen LogP contribution >= 0.6 is 11.8 Å². The molecule has 0 aliphatic carbocycles. The minimum absolute atomic E-state index is 0.128. The Hall–Kier alpha value is -1.49. The van der Waals surface area contributed by atoms with Crippen molar-refractivity contribution in [1.29, 1.82) is 0 Å². The number of nitrogen functional groups attached to an aromatic ring is 1. The summed E-state index contributed by atoms with van der Waals surface area (Å²) in [4.78, 5) is 24.1. The summed E-state index contributed by atoms with van der Waals surface area (Å²) >= 11 is 1.05. The van der Waals surface area contributed by atoms with Crippen LogP contribution in [0.25, 0.3) is 0 Å². The van der Waals surface area contributed by atoms with E-state index < -0.39 is 0 Å². The predicted molar refractivity (Wildman–Crippen MR) is 64.0 cm³/mol. The Kier molecular flexibility index (Phi) is 2.87. The van der Waals surface area contributed by atoms with Gasteiger partial charge in [0.2, 0.25) is 5.91 Å². The Labute approximate surface area is 97.8 Å². The number of hydrogen-bond acceptors (Lipinski definition) is 4. The van der Waals surface area contributed by atoms with E-state index in [4.69, 9.17) is 5.73 Å². The second-order valence-electron chi connectivity index (χ2n) is 3.67. The van der Waals surface area contributed by atoms with Crippen LogP contribution in [0.2, 0.25) is 0 Å². The number of hydrogen-bond donors (Lipinski definition) is 1. The largest absolute Gasteiger partial charge is 0.399 e. The Morgan fingerprint density at radius 2 is 2.19 bits per heavy atom. The van der Waals surface area contributed by atoms with Gasteiger partial charge in [-0.05, 0) is 24.1 Å². The number of carbonyl (C=O) groups excluding carboxylic acids is 2. The van der Waals surface area contributed by atoms with E-state index in [2.05, 4.69) is 0 Å². The van der Waals surface area contributed by atoms with Gasteiger partial charge >= 0.3 is 0 Å². The minimum atomic E-state index is -0.174. The summed E-state index contributed by atoms with van der Waals surface area (Å²) in [6.45, 7) is 2.21. The molecule has 0 spiro atoms. The molecule has 2 N–H and O–H groups in total. The third-order valence-corrected chi connectivity index (χ3v) is 3.52. The Balaban J connectivity index is 2.24. The SMILES string of the molecule is Cc1c(N)cccc1CN1C(=O)CSC1=O. The van der Waals surface area contributed by atoms with Crippen molar-refractivity contribution in [3.8, 4) is 0 Å². The van der Waals surface area contributed by atoms with E-state index >= 15 is 0 Å². The molecular weight excluding hydrogens is 224 g/mol. The quantitative estimate of drug-likeness (QED) is 0.795. The molecule has 1 aliphatic rings. The van der Waals surface area contributed by atoms with Crippen LogP contribution in [0.4, 0.5) is 10.5 Å². The van der Waals surface area contributed by atoms with Crippen molar-refractivity contribution in [3.63, 3.8) is 0 Å². The van der Waals surface area contributed by atoms with Gasteiger partial charge in [-0.2, -0.15) is 0 Å². The van der Waals surface area contributed by atoms with E-state index in [9.17, 15) is 9.59 Å². The fourth-order valence-corrected chi connectivity index (χ4v) is 2.30. The van der Waals surface area contributed by atoms with Crippen LogP contribution in [-0.2, 0) is 11.3 Å². The lowest BCUT2D eigenvalue weighted by molar-refractivity contribution is -0.125. The molecule has 1 aromatic rings. The topological polar surface area (TPSA) is 63.4 Å². The lowest BCUT2D eigenvalue weighted by Gasteiger charge is -2.15. The average Bonchev–Trinajstić information content (AvgIpc) is 2.56. The number of rotatable bonds is 2. The van der Waals surface area contributed by atoms with Gasteiger partial charge in [0, 0.05) is 5.69 Å². The van der Waals surface area contributed by atoms with Gasteiger partial charge in [0.05, 0.1) is 12.3 Å². The summed E-state index contributed by atoms with van der Waals surface area (Å²) in [7, 11) is 0. The number of carbonyl (C=O) groups is 2.